The Balaban J connectivity index is 1.86. The maximum absolute atomic E-state index is 12.1. The first kappa shape index (κ1) is 14.6. The van der Waals surface area contributed by atoms with Crippen molar-refractivity contribution >= 4 is 34.8 Å². The van der Waals surface area contributed by atoms with E-state index in [2.05, 4.69) is 10.5 Å². The quantitative estimate of drug-likeness (QED) is 0.581. The van der Waals surface area contributed by atoms with Gasteiger partial charge in [-0.2, -0.15) is 5.10 Å². The number of benzene rings is 2. The minimum atomic E-state index is -0.141. The van der Waals surface area contributed by atoms with Crippen molar-refractivity contribution in [1.82, 2.24) is 4.57 Å². The van der Waals surface area contributed by atoms with Gasteiger partial charge < -0.3 is 0 Å². The Kier molecular flexibility index (Phi) is 4.37. The van der Waals surface area contributed by atoms with E-state index in [-0.39, 0.29) is 4.87 Å². The van der Waals surface area contributed by atoms with Gasteiger partial charge in [0.1, 0.15) is 5.15 Å². The van der Waals surface area contributed by atoms with E-state index in [0.29, 0.717) is 10.0 Å². The number of rotatable bonds is 4. The van der Waals surface area contributed by atoms with E-state index >= 15 is 0 Å². The van der Waals surface area contributed by atoms with Crippen LogP contribution >= 0.6 is 22.9 Å². The van der Waals surface area contributed by atoms with Crippen LogP contribution in [0.15, 0.2) is 70.6 Å². The summed E-state index contributed by atoms with van der Waals surface area (Å²) in [6, 6.07) is 18.8. The summed E-state index contributed by atoms with van der Waals surface area (Å²) in [5.41, 5.74) is 4.50. The van der Waals surface area contributed by atoms with Crippen molar-refractivity contribution in [1.29, 1.82) is 0 Å². The fourth-order valence-corrected chi connectivity index (χ4v) is 3.07. The van der Waals surface area contributed by atoms with E-state index in [1.807, 2.05) is 60.7 Å². The third-order valence-electron chi connectivity index (χ3n) is 2.94. The van der Waals surface area contributed by atoms with Gasteiger partial charge in [0.25, 0.3) is 0 Å². The summed E-state index contributed by atoms with van der Waals surface area (Å²) in [6.45, 7) is 0. The molecule has 22 heavy (non-hydrogen) atoms. The maximum atomic E-state index is 12.1. The van der Waals surface area contributed by atoms with Gasteiger partial charge in [-0.05, 0) is 24.3 Å². The smallest absolute Gasteiger partial charge is 0.278 e. The van der Waals surface area contributed by atoms with Crippen LogP contribution in [0.5, 0.6) is 0 Å². The molecule has 2 aromatic carbocycles. The highest BCUT2D eigenvalue weighted by Gasteiger charge is 2.12. The number of thiazole rings is 1. The number of aromatic nitrogens is 1. The van der Waals surface area contributed by atoms with Gasteiger partial charge in [0.15, 0.2) is 0 Å². The summed E-state index contributed by atoms with van der Waals surface area (Å²) >= 11 is 7.36. The molecular formula is C16H12ClN3OS. The third-order valence-corrected chi connectivity index (χ3v) is 4.30. The summed E-state index contributed by atoms with van der Waals surface area (Å²) in [7, 11) is 0. The van der Waals surface area contributed by atoms with Crippen molar-refractivity contribution < 1.29 is 0 Å². The van der Waals surface area contributed by atoms with Crippen LogP contribution in [0.25, 0.3) is 5.69 Å². The van der Waals surface area contributed by atoms with Gasteiger partial charge in [-0.25, -0.2) is 0 Å². The van der Waals surface area contributed by atoms with Crippen molar-refractivity contribution in [2.75, 3.05) is 5.43 Å². The molecule has 4 nitrogen and oxygen atoms in total. The summed E-state index contributed by atoms with van der Waals surface area (Å²) in [6.07, 6.45) is 1.56. The van der Waals surface area contributed by atoms with Crippen molar-refractivity contribution in [2.45, 2.75) is 0 Å². The molecule has 3 rings (SSSR count). The molecule has 0 saturated carbocycles. The summed E-state index contributed by atoms with van der Waals surface area (Å²) < 4.78 is 1.47. The largest absolute Gasteiger partial charge is 0.313 e. The van der Waals surface area contributed by atoms with E-state index in [9.17, 15) is 4.79 Å². The molecule has 0 bridgehead atoms. The molecule has 0 unspecified atom stereocenters. The van der Waals surface area contributed by atoms with E-state index in [0.717, 1.165) is 22.7 Å². The molecule has 0 aliphatic carbocycles. The molecule has 1 aromatic heterocycles. The minimum Gasteiger partial charge on any atom is -0.278 e. The van der Waals surface area contributed by atoms with Crippen molar-refractivity contribution in [3.63, 3.8) is 0 Å². The Morgan fingerprint density at radius 3 is 2.36 bits per heavy atom. The number of halogens is 1. The Bertz CT molecular complexity index is 841. The molecule has 0 amide bonds. The second-order valence-corrected chi connectivity index (χ2v) is 5.78. The Labute approximate surface area is 136 Å². The molecule has 0 atom stereocenters. The zero-order chi connectivity index (χ0) is 15.4. The highest BCUT2D eigenvalue weighted by molar-refractivity contribution is 7.11. The van der Waals surface area contributed by atoms with Gasteiger partial charge in [-0.1, -0.05) is 59.3 Å². The van der Waals surface area contributed by atoms with Gasteiger partial charge >= 0.3 is 4.87 Å². The third kappa shape index (κ3) is 3.10. The van der Waals surface area contributed by atoms with Crippen molar-refractivity contribution in [3.05, 3.63) is 80.4 Å². The average molecular weight is 330 g/mol. The predicted octanol–water partition coefficient (Wildman–Crippen LogP) is 4.00. The number of hydrogen-bond acceptors (Lipinski definition) is 4. The molecule has 0 spiro atoms. The number of hydrazone groups is 1. The second kappa shape index (κ2) is 6.60. The Morgan fingerprint density at radius 1 is 1.05 bits per heavy atom. The first-order valence-corrected chi connectivity index (χ1v) is 7.76. The van der Waals surface area contributed by atoms with Gasteiger partial charge in [0.05, 0.1) is 22.5 Å². The molecule has 1 heterocycles. The molecular weight excluding hydrogens is 318 g/mol. The first-order chi connectivity index (χ1) is 10.8. The van der Waals surface area contributed by atoms with Crippen LogP contribution in [0.3, 0.4) is 0 Å². The van der Waals surface area contributed by atoms with Gasteiger partial charge in [0, 0.05) is 0 Å². The molecule has 6 heteroatoms. The van der Waals surface area contributed by atoms with Crippen LogP contribution in [-0.4, -0.2) is 10.8 Å². The highest BCUT2D eigenvalue weighted by Crippen LogP contribution is 2.21. The van der Waals surface area contributed by atoms with E-state index < -0.39 is 0 Å². The van der Waals surface area contributed by atoms with Crippen LogP contribution < -0.4 is 10.3 Å². The molecule has 0 radical (unpaired) electrons. The second-order valence-electron chi connectivity index (χ2n) is 4.43. The summed E-state index contributed by atoms with van der Waals surface area (Å²) in [5.74, 6) is 0. The summed E-state index contributed by atoms with van der Waals surface area (Å²) in [4.78, 5) is 12.6. The maximum Gasteiger partial charge on any atom is 0.313 e. The predicted molar refractivity (Wildman–Crippen MR) is 92.6 cm³/mol. The molecule has 110 valence electrons. The van der Waals surface area contributed by atoms with E-state index in [1.165, 1.54) is 4.57 Å². The fourth-order valence-electron chi connectivity index (χ4n) is 1.93. The van der Waals surface area contributed by atoms with E-state index in [1.54, 1.807) is 6.21 Å². The zero-order valence-electron chi connectivity index (χ0n) is 11.4. The van der Waals surface area contributed by atoms with Gasteiger partial charge in [0.2, 0.25) is 0 Å². The normalized spacial score (nSPS) is 11.0. The van der Waals surface area contributed by atoms with E-state index in [4.69, 9.17) is 11.6 Å². The lowest BCUT2D eigenvalue weighted by Crippen LogP contribution is -2.10. The Morgan fingerprint density at radius 2 is 1.68 bits per heavy atom. The Hall–Kier alpha value is -2.37. The molecule has 0 aliphatic heterocycles. The minimum absolute atomic E-state index is 0.141. The number of anilines is 1. The number of para-hydroxylation sites is 2. The van der Waals surface area contributed by atoms with Crippen LogP contribution in [0.1, 0.15) is 4.88 Å². The van der Waals surface area contributed by atoms with Crippen LogP contribution in [0, 0.1) is 0 Å². The topological polar surface area (TPSA) is 46.4 Å². The lowest BCUT2D eigenvalue weighted by Gasteiger charge is -2.02. The van der Waals surface area contributed by atoms with Gasteiger partial charge in [-0.3, -0.25) is 14.8 Å². The standard InChI is InChI=1S/C16H12ClN3OS/c17-15-14(11-18-19-12-7-3-1-4-8-12)22-16(21)20(15)13-9-5-2-6-10-13/h1-11,19H/b18-11-. The molecule has 0 saturated heterocycles. The molecule has 3 aromatic rings. The fraction of sp³-hybridized carbons (Fsp3) is 0. The average Bonchev–Trinajstić information content (AvgIpc) is 2.83. The van der Waals surface area contributed by atoms with Crippen LogP contribution in [0.4, 0.5) is 5.69 Å². The van der Waals surface area contributed by atoms with Gasteiger partial charge in [-0.15, -0.1) is 0 Å². The molecule has 1 N–H and O–H groups in total. The summed E-state index contributed by atoms with van der Waals surface area (Å²) in [5, 5.41) is 4.48. The number of hydrogen-bond donors (Lipinski definition) is 1. The zero-order valence-corrected chi connectivity index (χ0v) is 13.0. The monoisotopic (exact) mass is 329 g/mol. The van der Waals surface area contributed by atoms with Crippen LogP contribution in [-0.2, 0) is 0 Å². The first-order valence-electron chi connectivity index (χ1n) is 6.56. The molecule has 0 fully saturated rings. The highest BCUT2D eigenvalue weighted by atomic mass is 35.5. The number of nitrogens with zero attached hydrogens (tertiary/aromatic N) is 2. The lowest BCUT2D eigenvalue weighted by atomic mass is 10.3. The number of nitrogens with one attached hydrogen (secondary N) is 1. The van der Waals surface area contributed by atoms with Crippen molar-refractivity contribution in [2.24, 2.45) is 5.10 Å². The lowest BCUT2D eigenvalue weighted by molar-refractivity contribution is 1.04. The van der Waals surface area contributed by atoms with Crippen molar-refractivity contribution in [3.8, 4) is 5.69 Å². The molecule has 0 aliphatic rings. The SMILES string of the molecule is O=c1sc(/C=N\Nc2ccccc2)c(Cl)n1-c1ccccc1. The van der Waals surface area contributed by atoms with Crippen LogP contribution in [0.2, 0.25) is 5.15 Å².